The number of nitrogens with zero attached hydrogens (tertiary/aromatic N) is 1. The average Bonchev–Trinajstić information content (AvgIpc) is 2.66. The summed E-state index contributed by atoms with van der Waals surface area (Å²) in [6.45, 7) is 0.918. The molecule has 0 atom stereocenters. The highest BCUT2D eigenvalue weighted by molar-refractivity contribution is 6.50. The normalized spacial score (nSPS) is 13.7. The van der Waals surface area contributed by atoms with Crippen LogP contribution >= 0.6 is 23.2 Å². The lowest BCUT2D eigenvalue weighted by Crippen LogP contribution is -2.16. The maximum Gasteiger partial charge on any atom is 0.259 e. The van der Waals surface area contributed by atoms with Crippen LogP contribution in [0.2, 0.25) is 5.02 Å². The highest BCUT2D eigenvalue weighted by Crippen LogP contribution is 2.41. The van der Waals surface area contributed by atoms with E-state index in [1.165, 1.54) is 0 Å². The minimum Gasteiger partial charge on any atom is -0.493 e. The predicted octanol–water partition coefficient (Wildman–Crippen LogP) is 4.09. The molecule has 6 nitrogen and oxygen atoms in total. The molecule has 27 heavy (non-hydrogen) atoms. The molecule has 0 bridgehead atoms. The molecule has 2 aromatic carbocycles. The third-order valence-electron chi connectivity index (χ3n) is 4.04. The van der Waals surface area contributed by atoms with Gasteiger partial charge in [-0.2, -0.15) is 0 Å². The smallest absolute Gasteiger partial charge is 0.259 e. The number of benzene rings is 2. The van der Waals surface area contributed by atoms with E-state index in [1.807, 2.05) is 0 Å². The maximum absolute atomic E-state index is 12.3. The van der Waals surface area contributed by atoms with Crippen molar-refractivity contribution in [3.8, 4) is 17.2 Å². The Balaban J connectivity index is 1.78. The number of halogens is 2. The summed E-state index contributed by atoms with van der Waals surface area (Å²) in [5.74, 6) is 1.91. The Morgan fingerprint density at radius 3 is 2.89 bits per heavy atom. The maximum atomic E-state index is 12.3. The van der Waals surface area contributed by atoms with Crippen molar-refractivity contribution < 1.29 is 14.2 Å². The first-order chi connectivity index (χ1) is 13.0. The fourth-order valence-electron chi connectivity index (χ4n) is 2.82. The molecule has 0 amide bonds. The number of methoxy groups -OCH3 is 1. The minimum absolute atomic E-state index is 0.241. The van der Waals surface area contributed by atoms with Crippen LogP contribution in [0.5, 0.6) is 17.2 Å². The quantitative estimate of drug-likeness (QED) is 0.711. The van der Waals surface area contributed by atoms with E-state index in [2.05, 4.69) is 9.97 Å². The summed E-state index contributed by atoms with van der Waals surface area (Å²) in [4.78, 5) is 19.4. The third kappa shape index (κ3) is 3.46. The monoisotopic (exact) mass is 404 g/mol. The Labute approximate surface area is 164 Å². The van der Waals surface area contributed by atoms with Crippen LogP contribution in [0.3, 0.4) is 0 Å². The number of ether oxygens (including phenoxy) is 3. The second-order valence-electron chi connectivity index (χ2n) is 5.82. The molecule has 0 spiro atoms. The molecule has 0 saturated carbocycles. The van der Waals surface area contributed by atoms with Crippen LogP contribution in [-0.2, 0) is 0 Å². The van der Waals surface area contributed by atoms with Gasteiger partial charge in [0.15, 0.2) is 17.3 Å². The zero-order valence-electron chi connectivity index (χ0n) is 14.2. The summed E-state index contributed by atoms with van der Waals surface area (Å²) in [6, 6.07) is 8.43. The molecule has 0 radical (unpaired) electrons. The summed E-state index contributed by atoms with van der Waals surface area (Å²) in [5.41, 5.74) is 0.889. The van der Waals surface area contributed by atoms with Crippen molar-refractivity contribution in [2.75, 3.05) is 20.3 Å². The number of fused-ring (bicyclic) bond motifs is 2. The molecule has 2 heterocycles. The summed E-state index contributed by atoms with van der Waals surface area (Å²) in [6.07, 6.45) is 1.66. The van der Waals surface area contributed by atoms with E-state index in [9.17, 15) is 4.79 Å². The van der Waals surface area contributed by atoms with Gasteiger partial charge in [0.2, 0.25) is 5.75 Å². The second kappa shape index (κ2) is 7.13. The van der Waals surface area contributed by atoms with Gasteiger partial charge in [-0.1, -0.05) is 23.2 Å². The lowest BCUT2D eigenvalue weighted by Gasteiger charge is -2.21. The molecule has 0 unspecified atom stereocenters. The Bertz CT molecular complexity index is 1110. The summed E-state index contributed by atoms with van der Waals surface area (Å²) in [7, 11) is 1.55. The largest absolute Gasteiger partial charge is 0.493 e. The number of nitrogens with one attached hydrogen (secondary N) is 1. The molecule has 138 valence electrons. The SMILES string of the molecule is COc1cc(/C=C(\Cl)c2nc3cc(Cl)ccc3c(=O)[nH]2)cc2c1OCCO2. The van der Waals surface area contributed by atoms with Crippen molar-refractivity contribution in [3.63, 3.8) is 0 Å². The predicted molar refractivity (Wildman–Crippen MR) is 105 cm³/mol. The number of H-pyrrole nitrogens is 1. The van der Waals surface area contributed by atoms with Gasteiger partial charge in [0.25, 0.3) is 5.56 Å². The molecule has 0 fully saturated rings. The summed E-state index contributed by atoms with van der Waals surface area (Å²) in [5, 5.41) is 1.18. The van der Waals surface area contributed by atoms with Gasteiger partial charge in [0.05, 0.1) is 23.0 Å². The molecule has 0 saturated heterocycles. The van der Waals surface area contributed by atoms with Crippen LogP contribution < -0.4 is 19.8 Å². The standard InChI is InChI=1S/C19H14Cl2N2O4/c1-25-15-7-10(8-16-17(15)27-5-4-26-16)6-13(21)18-22-14-9-11(20)2-3-12(14)19(24)23-18/h2-3,6-9H,4-5H2,1H3,(H,22,23,24)/b13-6-. The number of hydrogen-bond donors (Lipinski definition) is 1. The number of aromatic amines is 1. The van der Waals surface area contributed by atoms with Crippen LogP contribution in [-0.4, -0.2) is 30.3 Å². The minimum atomic E-state index is -0.294. The van der Waals surface area contributed by atoms with E-state index >= 15 is 0 Å². The van der Waals surface area contributed by atoms with Crippen LogP contribution in [0.15, 0.2) is 35.1 Å². The number of rotatable bonds is 3. The summed E-state index contributed by atoms with van der Waals surface area (Å²) < 4.78 is 16.6. The fraction of sp³-hybridized carbons (Fsp3) is 0.158. The fourth-order valence-corrected chi connectivity index (χ4v) is 3.20. The van der Waals surface area contributed by atoms with Crippen molar-refractivity contribution >= 4 is 45.2 Å². The van der Waals surface area contributed by atoms with E-state index in [4.69, 9.17) is 37.4 Å². The van der Waals surface area contributed by atoms with Gasteiger partial charge in [0.1, 0.15) is 13.2 Å². The van der Waals surface area contributed by atoms with E-state index in [1.54, 1.807) is 43.5 Å². The zero-order valence-corrected chi connectivity index (χ0v) is 15.7. The highest BCUT2D eigenvalue weighted by Gasteiger charge is 2.18. The molecular formula is C19H14Cl2N2O4. The van der Waals surface area contributed by atoms with E-state index in [0.717, 1.165) is 5.56 Å². The number of hydrogen-bond acceptors (Lipinski definition) is 5. The van der Waals surface area contributed by atoms with Crippen LogP contribution in [0, 0.1) is 0 Å². The van der Waals surface area contributed by atoms with Crippen LogP contribution in [0.1, 0.15) is 11.4 Å². The molecule has 1 aliphatic heterocycles. The van der Waals surface area contributed by atoms with Crippen molar-refractivity contribution in [3.05, 3.63) is 57.1 Å². The lowest BCUT2D eigenvalue weighted by molar-refractivity contribution is 0.165. The van der Waals surface area contributed by atoms with Crippen molar-refractivity contribution in [2.45, 2.75) is 0 Å². The third-order valence-corrected chi connectivity index (χ3v) is 4.56. The van der Waals surface area contributed by atoms with Crippen LogP contribution in [0.25, 0.3) is 22.0 Å². The van der Waals surface area contributed by atoms with Gasteiger partial charge in [-0.15, -0.1) is 0 Å². The Morgan fingerprint density at radius 1 is 1.26 bits per heavy atom. The first-order valence-electron chi connectivity index (χ1n) is 8.10. The van der Waals surface area contributed by atoms with Gasteiger partial charge in [-0.3, -0.25) is 4.79 Å². The average molecular weight is 405 g/mol. The van der Waals surface area contributed by atoms with E-state index in [-0.39, 0.29) is 16.4 Å². The van der Waals surface area contributed by atoms with Crippen molar-refractivity contribution in [2.24, 2.45) is 0 Å². The van der Waals surface area contributed by atoms with Gasteiger partial charge in [-0.05, 0) is 42.0 Å². The van der Waals surface area contributed by atoms with Gasteiger partial charge < -0.3 is 19.2 Å². The van der Waals surface area contributed by atoms with Gasteiger partial charge in [-0.25, -0.2) is 4.98 Å². The highest BCUT2D eigenvalue weighted by atomic mass is 35.5. The number of aromatic nitrogens is 2. The second-order valence-corrected chi connectivity index (χ2v) is 6.66. The molecular weight excluding hydrogens is 391 g/mol. The molecule has 1 aromatic heterocycles. The van der Waals surface area contributed by atoms with Crippen molar-refractivity contribution in [1.29, 1.82) is 0 Å². The lowest BCUT2D eigenvalue weighted by atomic mass is 10.1. The van der Waals surface area contributed by atoms with Crippen molar-refractivity contribution in [1.82, 2.24) is 9.97 Å². The van der Waals surface area contributed by atoms with E-state index in [0.29, 0.717) is 46.4 Å². The Morgan fingerprint density at radius 2 is 2.07 bits per heavy atom. The molecule has 8 heteroatoms. The molecule has 3 aromatic rings. The van der Waals surface area contributed by atoms with Crippen LogP contribution in [0.4, 0.5) is 0 Å². The Hall–Kier alpha value is -2.70. The first kappa shape index (κ1) is 17.7. The molecule has 1 aliphatic rings. The first-order valence-corrected chi connectivity index (χ1v) is 8.85. The van der Waals surface area contributed by atoms with E-state index < -0.39 is 0 Å². The molecule has 0 aliphatic carbocycles. The van der Waals surface area contributed by atoms with Gasteiger partial charge >= 0.3 is 0 Å². The summed E-state index contributed by atoms with van der Waals surface area (Å²) >= 11 is 12.4. The topological polar surface area (TPSA) is 73.4 Å². The zero-order chi connectivity index (χ0) is 19.0. The molecule has 4 rings (SSSR count). The Kier molecular flexibility index (Phi) is 4.68. The van der Waals surface area contributed by atoms with Gasteiger partial charge in [0, 0.05) is 5.02 Å². The molecule has 1 N–H and O–H groups in total.